The molecule has 0 spiro atoms. The second kappa shape index (κ2) is 3.45. The van der Waals surface area contributed by atoms with Crippen molar-refractivity contribution in [1.29, 1.82) is 0 Å². The van der Waals surface area contributed by atoms with Crippen molar-refractivity contribution in [3.05, 3.63) is 29.8 Å². The van der Waals surface area contributed by atoms with E-state index in [2.05, 4.69) is 9.97 Å². The Morgan fingerprint density at radius 2 is 2.18 bits per heavy atom. The van der Waals surface area contributed by atoms with E-state index >= 15 is 0 Å². The molecule has 0 saturated carbocycles. The van der Waals surface area contributed by atoms with Gasteiger partial charge in [-0.25, -0.2) is 9.97 Å². The highest BCUT2D eigenvalue weighted by Gasteiger charge is 2.42. The zero-order valence-corrected chi connectivity index (χ0v) is 8.91. The average molecular weight is 241 g/mol. The standard InChI is InChI=1S/C11H10F3N3/c12-11(13,14)7-2-3-8-9(6-7)17-5-1-4-15-10(17)16-8/h1,4-5,7H,2-3,6H2. The molecule has 0 saturated heterocycles. The third-order valence-electron chi connectivity index (χ3n) is 3.22. The van der Waals surface area contributed by atoms with E-state index in [4.69, 9.17) is 0 Å². The van der Waals surface area contributed by atoms with Crippen LogP contribution in [0.2, 0.25) is 0 Å². The minimum Gasteiger partial charge on any atom is -0.288 e. The fraction of sp³-hybridized carbons (Fsp3) is 0.455. The normalized spacial score (nSPS) is 20.5. The van der Waals surface area contributed by atoms with Crippen molar-refractivity contribution in [2.75, 3.05) is 0 Å². The topological polar surface area (TPSA) is 30.2 Å². The summed E-state index contributed by atoms with van der Waals surface area (Å²) in [5.41, 5.74) is 1.41. The third-order valence-corrected chi connectivity index (χ3v) is 3.22. The molecule has 2 aromatic heterocycles. The Labute approximate surface area is 95.3 Å². The van der Waals surface area contributed by atoms with Gasteiger partial charge in [0.15, 0.2) is 0 Å². The molecule has 0 aromatic carbocycles. The highest BCUT2D eigenvalue weighted by molar-refractivity contribution is 5.36. The van der Waals surface area contributed by atoms with Gasteiger partial charge in [-0.3, -0.25) is 4.40 Å². The quantitative estimate of drug-likeness (QED) is 0.709. The summed E-state index contributed by atoms with van der Waals surface area (Å²) in [6.45, 7) is 0. The van der Waals surface area contributed by atoms with Crippen molar-refractivity contribution in [2.45, 2.75) is 25.4 Å². The fourth-order valence-corrected chi connectivity index (χ4v) is 2.32. The Morgan fingerprint density at radius 3 is 2.94 bits per heavy atom. The molecule has 0 amide bonds. The monoisotopic (exact) mass is 241 g/mol. The molecule has 17 heavy (non-hydrogen) atoms. The predicted molar refractivity (Wildman–Crippen MR) is 54.6 cm³/mol. The van der Waals surface area contributed by atoms with E-state index in [9.17, 15) is 13.2 Å². The Morgan fingerprint density at radius 1 is 1.35 bits per heavy atom. The smallest absolute Gasteiger partial charge is 0.288 e. The summed E-state index contributed by atoms with van der Waals surface area (Å²) in [6, 6.07) is 1.70. The van der Waals surface area contributed by atoms with Crippen molar-refractivity contribution in [1.82, 2.24) is 14.4 Å². The minimum absolute atomic E-state index is 0.00565. The van der Waals surface area contributed by atoms with Crippen molar-refractivity contribution < 1.29 is 13.2 Å². The summed E-state index contributed by atoms with van der Waals surface area (Å²) in [6.07, 6.45) is -0.305. The number of fused-ring (bicyclic) bond motifs is 3. The number of halogens is 3. The van der Waals surface area contributed by atoms with Crippen molar-refractivity contribution in [2.24, 2.45) is 5.92 Å². The van der Waals surface area contributed by atoms with Gasteiger partial charge in [0.1, 0.15) is 0 Å². The zero-order chi connectivity index (χ0) is 12.0. The first kappa shape index (κ1) is 10.6. The van der Waals surface area contributed by atoms with Crippen LogP contribution in [0.15, 0.2) is 18.5 Å². The average Bonchev–Trinajstić information content (AvgIpc) is 2.65. The molecule has 1 atom stereocenters. The first-order valence-corrected chi connectivity index (χ1v) is 5.43. The van der Waals surface area contributed by atoms with Crippen LogP contribution < -0.4 is 0 Å². The summed E-state index contributed by atoms with van der Waals surface area (Å²) in [7, 11) is 0. The van der Waals surface area contributed by atoms with Gasteiger partial charge in [0, 0.05) is 24.5 Å². The first-order valence-electron chi connectivity index (χ1n) is 5.43. The molecule has 1 aliphatic rings. The van der Waals surface area contributed by atoms with E-state index in [-0.39, 0.29) is 12.8 Å². The van der Waals surface area contributed by atoms with Crippen LogP contribution in [0.4, 0.5) is 13.2 Å². The lowest BCUT2D eigenvalue weighted by Gasteiger charge is -2.23. The highest BCUT2D eigenvalue weighted by atomic mass is 19.4. The molecular formula is C11H10F3N3. The molecule has 3 rings (SSSR count). The molecule has 0 N–H and O–H groups in total. The molecule has 0 bridgehead atoms. The maximum absolute atomic E-state index is 12.7. The third kappa shape index (κ3) is 1.67. The molecule has 1 unspecified atom stereocenters. The minimum atomic E-state index is -4.12. The molecule has 3 nitrogen and oxygen atoms in total. The molecule has 2 aromatic rings. The van der Waals surface area contributed by atoms with Crippen LogP contribution in [0.3, 0.4) is 0 Å². The number of hydrogen-bond acceptors (Lipinski definition) is 2. The van der Waals surface area contributed by atoms with Gasteiger partial charge in [0.25, 0.3) is 0 Å². The lowest BCUT2D eigenvalue weighted by molar-refractivity contribution is -0.177. The number of aromatic nitrogens is 3. The van der Waals surface area contributed by atoms with Gasteiger partial charge in [-0.15, -0.1) is 0 Å². The van der Waals surface area contributed by atoms with Crippen molar-refractivity contribution in [3.63, 3.8) is 0 Å². The van der Waals surface area contributed by atoms with Gasteiger partial charge in [-0.2, -0.15) is 13.2 Å². The Bertz CT molecular complexity index is 559. The van der Waals surface area contributed by atoms with E-state index in [0.717, 1.165) is 5.69 Å². The summed E-state index contributed by atoms with van der Waals surface area (Å²) in [5, 5.41) is 0. The summed E-state index contributed by atoms with van der Waals surface area (Å²) in [4.78, 5) is 8.30. The van der Waals surface area contributed by atoms with E-state index in [1.807, 2.05) is 0 Å². The van der Waals surface area contributed by atoms with Gasteiger partial charge < -0.3 is 0 Å². The molecule has 2 heterocycles. The molecule has 0 aliphatic heterocycles. The summed E-state index contributed by atoms with van der Waals surface area (Å²) in [5.74, 6) is -0.768. The van der Waals surface area contributed by atoms with Crippen LogP contribution in [0.5, 0.6) is 0 Å². The number of rotatable bonds is 0. The van der Waals surface area contributed by atoms with Crippen LogP contribution in [0.1, 0.15) is 17.8 Å². The highest BCUT2D eigenvalue weighted by Crippen LogP contribution is 2.36. The lowest BCUT2D eigenvalue weighted by Crippen LogP contribution is -2.29. The van der Waals surface area contributed by atoms with Crippen LogP contribution in [0.25, 0.3) is 5.78 Å². The molecule has 6 heteroatoms. The molecule has 90 valence electrons. The Kier molecular flexibility index (Phi) is 2.14. The van der Waals surface area contributed by atoms with Crippen molar-refractivity contribution in [3.8, 4) is 0 Å². The van der Waals surface area contributed by atoms with Crippen LogP contribution in [-0.4, -0.2) is 20.5 Å². The molecule has 1 aliphatic carbocycles. The van der Waals surface area contributed by atoms with Gasteiger partial charge >= 0.3 is 6.18 Å². The van der Waals surface area contributed by atoms with Crippen LogP contribution in [-0.2, 0) is 12.8 Å². The largest absolute Gasteiger partial charge is 0.392 e. The zero-order valence-electron chi connectivity index (χ0n) is 8.91. The number of alkyl halides is 3. The van der Waals surface area contributed by atoms with E-state index in [1.165, 1.54) is 0 Å². The predicted octanol–water partition coefficient (Wildman–Crippen LogP) is 2.40. The van der Waals surface area contributed by atoms with E-state index < -0.39 is 12.1 Å². The Hall–Kier alpha value is -1.59. The summed E-state index contributed by atoms with van der Waals surface area (Å²) >= 11 is 0. The first-order chi connectivity index (χ1) is 8.05. The van der Waals surface area contributed by atoms with Gasteiger partial charge in [-0.1, -0.05) is 0 Å². The SMILES string of the molecule is FC(F)(F)C1CCc2nc3ncccn3c2C1. The molecular weight excluding hydrogens is 231 g/mol. The number of aryl methyl sites for hydroxylation is 1. The van der Waals surface area contributed by atoms with Gasteiger partial charge in [0.2, 0.25) is 5.78 Å². The fourth-order valence-electron chi connectivity index (χ4n) is 2.32. The second-order valence-corrected chi connectivity index (χ2v) is 4.28. The molecule has 0 fully saturated rings. The van der Waals surface area contributed by atoms with Gasteiger partial charge in [-0.05, 0) is 18.9 Å². The maximum Gasteiger partial charge on any atom is 0.392 e. The van der Waals surface area contributed by atoms with E-state index in [1.54, 1.807) is 22.9 Å². The van der Waals surface area contributed by atoms with Crippen LogP contribution >= 0.6 is 0 Å². The Balaban J connectivity index is 2.06. The van der Waals surface area contributed by atoms with E-state index in [0.29, 0.717) is 17.9 Å². The molecule has 0 radical (unpaired) electrons. The number of hydrogen-bond donors (Lipinski definition) is 0. The maximum atomic E-state index is 12.7. The second-order valence-electron chi connectivity index (χ2n) is 4.28. The van der Waals surface area contributed by atoms with Gasteiger partial charge in [0.05, 0.1) is 11.6 Å². The van der Waals surface area contributed by atoms with Crippen LogP contribution in [0, 0.1) is 5.92 Å². The number of imidazole rings is 1. The lowest BCUT2D eigenvalue weighted by atomic mass is 9.89. The summed E-state index contributed by atoms with van der Waals surface area (Å²) < 4.78 is 39.7. The van der Waals surface area contributed by atoms with Crippen molar-refractivity contribution >= 4 is 5.78 Å². The number of nitrogens with zero attached hydrogens (tertiary/aromatic N) is 3.